The topological polar surface area (TPSA) is 66.5 Å². The first-order chi connectivity index (χ1) is 10.2. The molecule has 5 nitrogen and oxygen atoms in total. The van der Waals surface area contributed by atoms with Gasteiger partial charge in [-0.25, -0.2) is 8.42 Å². The van der Waals surface area contributed by atoms with Crippen molar-refractivity contribution in [3.05, 3.63) is 29.8 Å². The van der Waals surface area contributed by atoms with Crippen molar-refractivity contribution in [3.8, 4) is 0 Å². The highest BCUT2D eigenvalue weighted by molar-refractivity contribution is 7.91. The molecule has 1 aromatic rings. The van der Waals surface area contributed by atoms with Crippen LogP contribution in [-0.2, 0) is 20.0 Å². The predicted molar refractivity (Wildman–Crippen MR) is 88.9 cm³/mol. The Morgan fingerprint density at radius 1 is 1.18 bits per heavy atom. The smallest absolute Gasteiger partial charge is 0.238 e. The van der Waals surface area contributed by atoms with Gasteiger partial charge in [-0.3, -0.25) is 9.69 Å². The second-order valence-electron chi connectivity index (χ2n) is 6.77. The number of benzene rings is 1. The number of nitrogens with one attached hydrogen (secondary N) is 1. The Balaban J connectivity index is 1.99. The van der Waals surface area contributed by atoms with E-state index in [0.29, 0.717) is 13.1 Å². The van der Waals surface area contributed by atoms with Crippen LogP contribution in [0.25, 0.3) is 0 Å². The molecule has 1 fully saturated rings. The van der Waals surface area contributed by atoms with Gasteiger partial charge in [0.15, 0.2) is 9.84 Å². The largest absolute Gasteiger partial charge is 0.325 e. The first-order valence-electron chi connectivity index (χ1n) is 7.49. The number of amides is 1. The fourth-order valence-electron chi connectivity index (χ4n) is 2.55. The van der Waals surface area contributed by atoms with Crippen LogP contribution < -0.4 is 5.32 Å². The van der Waals surface area contributed by atoms with Crippen molar-refractivity contribution in [1.29, 1.82) is 0 Å². The molecule has 0 aliphatic carbocycles. The van der Waals surface area contributed by atoms with E-state index in [1.807, 2.05) is 29.2 Å². The highest BCUT2D eigenvalue weighted by atomic mass is 32.2. The number of carbonyl (C=O) groups excluding carboxylic acids is 1. The summed E-state index contributed by atoms with van der Waals surface area (Å²) in [5, 5.41) is 2.96. The fourth-order valence-corrected chi connectivity index (χ4v) is 3.82. The first-order valence-corrected chi connectivity index (χ1v) is 9.32. The number of hydrogen-bond donors (Lipinski definition) is 1. The zero-order chi connectivity index (χ0) is 16.4. The van der Waals surface area contributed by atoms with Crippen molar-refractivity contribution in [3.63, 3.8) is 0 Å². The van der Waals surface area contributed by atoms with Gasteiger partial charge in [0.1, 0.15) is 0 Å². The van der Waals surface area contributed by atoms with Gasteiger partial charge in [0.05, 0.1) is 18.1 Å². The summed E-state index contributed by atoms with van der Waals surface area (Å²) < 4.78 is 22.8. The van der Waals surface area contributed by atoms with Gasteiger partial charge < -0.3 is 5.32 Å². The molecule has 1 amide bonds. The zero-order valence-corrected chi connectivity index (χ0v) is 14.2. The number of carbonyl (C=O) groups is 1. The summed E-state index contributed by atoms with van der Waals surface area (Å²) in [7, 11) is -2.91. The van der Waals surface area contributed by atoms with Crippen LogP contribution in [0.2, 0.25) is 0 Å². The van der Waals surface area contributed by atoms with E-state index in [4.69, 9.17) is 0 Å². The molecule has 0 aromatic heterocycles. The second-order valence-corrected chi connectivity index (χ2v) is 9.08. The Hall–Kier alpha value is -1.40. The lowest BCUT2D eigenvalue weighted by Crippen LogP contribution is -2.44. The summed E-state index contributed by atoms with van der Waals surface area (Å²) >= 11 is 0. The van der Waals surface area contributed by atoms with Gasteiger partial charge in [0.25, 0.3) is 0 Å². The van der Waals surface area contributed by atoms with Crippen LogP contribution >= 0.6 is 0 Å². The maximum atomic E-state index is 12.2. The fraction of sp³-hybridized carbons (Fsp3) is 0.562. The highest BCUT2D eigenvalue weighted by Crippen LogP contribution is 2.29. The molecule has 0 bridgehead atoms. The van der Waals surface area contributed by atoms with Gasteiger partial charge >= 0.3 is 0 Å². The second kappa shape index (κ2) is 6.38. The molecule has 122 valence electrons. The normalized spacial score (nSPS) is 18.9. The molecule has 0 unspecified atom stereocenters. The molecule has 6 heteroatoms. The van der Waals surface area contributed by atoms with Gasteiger partial charge in [-0.2, -0.15) is 0 Å². The van der Waals surface area contributed by atoms with E-state index in [1.54, 1.807) is 0 Å². The van der Waals surface area contributed by atoms with E-state index in [9.17, 15) is 13.2 Å². The maximum Gasteiger partial charge on any atom is 0.238 e. The average Bonchev–Trinajstić information content (AvgIpc) is 2.40. The van der Waals surface area contributed by atoms with Crippen LogP contribution in [-0.4, -0.2) is 50.4 Å². The molecule has 22 heavy (non-hydrogen) atoms. The molecule has 0 atom stereocenters. The third kappa shape index (κ3) is 4.55. The monoisotopic (exact) mass is 324 g/mol. The van der Waals surface area contributed by atoms with Crippen LogP contribution in [0.3, 0.4) is 0 Å². The average molecular weight is 324 g/mol. The van der Waals surface area contributed by atoms with Gasteiger partial charge in [-0.05, 0) is 17.0 Å². The van der Waals surface area contributed by atoms with E-state index in [1.165, 1.54) is 0 Å². The zero-order valence-electron chi connectivity index (χ0n) is 13.4. The van der Waals surface area contributed by atoms with E-state index in [-0.39, 0.29) is 29.4 Å². The predicted octanol–water partition coefficient (Wildman–Crippen LogP) is 1.65. The molecule has 1 aliphatic rings. The lowest BCUT2D eigenvalue weighted by atomic mass is 9.86. The van der Waals surface area contributed by atoms with Crippen molar-refractivity contribution < 1.29 is 13.2 Å². The molecule has 0 spiro atoms. The summed E-state index contributed by atoms with van der Waals surface area (Å²) in [5.74, 6) is 0.175. The molecule has 0 radical (unpaired) electrons. The quantitative estimate of drug-likeness (QED) is 0.918. The van der Waals surface area contributed by atoms with Crippen LogP contribution in [0.15, 0.2) is 24.3 Å². The van der Waals surface area contributed by atoms with Gasteiger partial charge in [0.2, 0.25) is 5.91 Å². The van der Waals surface area contributed by atoms with E-state index in [2.05, 4.69) is 26.1 Å². The third-order valence-electron chi connectivity index (χ3n) is 3.81. The number of para-hydroxylation sites is 1. The van der Waals surface area contributed by atoms with Crippen LogP contribution in [0.1, 0.15) is 26.3 Å². The molecule has 1 aromatic carbocycles. The summed E-state index contributed by atoms with van der Waals surface area (Å²) in [4.78, 5) is 14.1. The molecule has 1 N–H and O–H groups in total. The summed E-state index contributed by atoms with van der Waals surface area (Å²) in [6.45, 7) is 7.40. The lowest BCUT2D eigenvalue weighted by molar-refractivity contribution is -0.117. The van der Waals surface area contributed by atoms with Gasteiger partial charge in [-0.1, -0.05) is 39.0 Å². The standard InChI is InChI=1S/C16H24N2O3S/c1-16(2,3)13-6-4-5-7-14(13)17-15(19)12-18-8-10-22(20,21)11-9-18/h4-7H,8-12H2,1-3H3,(H,17,19). The minimum atomic E-state index is -2.91. The first kappa shape index (κ1) is 17.0. The Morgan fingerprint density at radius 3 is 2.36 bits per heavy atom. The van der Waals surface area contributed by atoms with Crippen LogP contribution in [0.4, 0.5) is 5.69 Å². The van der Waals surface area contributed by atoms with Gasteiger partial charge in [0, 0.05) is 18.8 Å². The maximum absolute atomic E-state index is 12.2. The number of anilines is 1. The van der Waals surface area contributed by atoms with Crippen LogP contribution in [0, 0.1) is 0 Å². The Bertz CT molecular complexity index is 634. The minimum Gasteiger partial charge on any atom is -0.325 e. The van der Waals surface area contributed by atoms with Crippen molar-refractivity contribution in [2.24, 2.45) is 0 Å². The summed E-state index contributed by atoms with van der Waals surface area (Å²) in [5.41, 5.74) is 1.86. The Morgan fingerprint density at radius 2 is 1.77 bits per heavy atom. The van der Waals surface area contributed by atoms with E-state index in [0.717, 1.165) is 11.3 Å². The van der Waals surface area contributed by atoms with Crippen molar-refractivity contribution >= 4 is 21.4 Å². The molecule has 2 rings (SSSR count). The molecular weight excluding hydrogens is 300 g/mol. The molecule has 1 heterocycles. The highest BCUT2D eigenvalue weighted by Gasteiger charge is 2.24. The lowest BCUT2D eigenvalue weighted by Gasteiger charge is -2.27. The van der Waals surface area contributed by atoms with Gasteiger partial charge in [-0.15, -0.1) is 0 Å². The number of nitrogens with zero attached hydrogens (tertiary/aromatic N) is 1. The Kier molecular flexibility index (Phi) is 4.92. The number of rotatable bonds is 3. The van der Waals surface area contributed by atoms with E-state index >= 15 is 0 Å². The molecular formula is C16H24N2O3S. The third-order valence-corrected chi connectivity index (χ3v) is 5.42. The SMILES string of the molecule is CC(C)(C)c1ccccc1NC(=O)CN1CCS(=O)(=O)CC1. The molecule has 0 saturated carbocycles. The van der Waals surface area contributed by atoms with Crippen LogP contribution in [0.5, 0.6) is 0 Å². The minimum absolute atomic E-state index is 0.0525. The molecule has 1 saturated heterocycles. The summed E-state index contributed by atoms with van der Waals surface area (Å²) in [6, 6.07) is 7.78. The van der Waals surface area contributed by atoms with Crippen molar-refractivity contribution in [1.82, 2.24) is 4.90 Å². The number of sulfone groups is 1. The van der Waals surface area contributed by atoms with Crippen molar-refractivity contribution in [2.45, 2.75) is 26.2 Å². The molecule has 1 aliphatic heterocycles. The van der Waals surface area contributed by atoms with Crippen molar-refractivity contribution in [2.75, 3.05) is 36.5 Å². The van der Waals surface area contributed by atoms with E-state index < -0.39 is 9.84 Å². The number of hydrogen-bond acceptors (Lipinski definition) is 4. The Labute approximate surface area is 132 Å². The summed E-state index contributed by atoms with van der Waals surface area (Å²) in [6.07, 6.45) is 0.